The average Bonchev–Trinajstić information content (AvgIpc) is 2.46. The van der Waals surface area contributed by atoms with E-state index in [2.05, 4.69) is 97.0 Å². The molecule has 0 heterocycles. The fourth-order valence-corrected chi connectivity index (χ4v) is 3.19. The topological polar surface area (TPSA) is 0 Å². The van der Waals surface area contributed by atoms with E-state index in [4.69, 9.17) is 0 Å². The lowest BCUT2D eigenvalue weighted by Crippen LogP contribution is -2.18. The lowest BCUT2D eigenvalue weighted by Gasteiger charge is -2.28. The van der Waals surface area contributed by atoms with E-state index < -0.39 is 0 Å². The number of rotatable bonds is 3. The van der Waals surface area contributed by atoms with E-state index >= 15 is 0 Å². The highest BCUT2D eigenvalue weighted by molar-refractivity contribution is 5.40. The van der Waals surface area contributed by atoms with Crippen molar-refractivity contribution in [2.45, 2.75) is 71.6 Å². The van der Waals surface area contributed by atoms with Crippen molar-refractivity contribution in [3.05, 3.63) is 70.8 Å². The van der Waals surface area contributed by atoms with Crippen LogP contribution in [0.25, 0.3) is 0 Å². The van der Waals surface area contributed by atoms with E-state index in [1.54, 1.807) is 0 Å². The molecule has 0 bridgehead atoms. The molecule has 0 N–H and O–H groups in total. The highest BCUT2D eigenvalue weighted by atomic mass is 14.3. The first kappa shape index (κ1) is 17.8. The molecule has 1 atom stereocenters. The molecule has 0 spiro atoms. The van der Waals surface area contributed by atoms with E-state index in [0.29, 0.717) is 5.92 Å². The molecular weight excluding hydrogens is 276 g/mol. The van der Waals surface area contributed by atoms with Crippen molar-refractivity contribution in [2.24, 2.45) is 0 Å². The van der Waals surface area contributed by atoms with Gasteiger partial charge in [-0.05, 0) is 45.4 Å². The largest absolute Gasteiger partial charge is 0.0622 e. The highest BCUT2D eigenvalue weighted by Crippen LogP contribution is 2.33. The van der Waals surface area contributed by atoms with Crippen molar-refractivity contribution in [3.8, 4) is 0 Å². The normalized spacial score (nSPS) is 13.9. The van der Waals surface area contributed by atoms with Crippen molar-refractivity contribution in [1.82, 2.24) is 0 Å². The van der Waals surface area contributed by atoms with E-state index in [-0.39, 0.29) is 10.8 Å². The van der Waals surface area contributed by atoms with Crippen LogP contribution in [0.1, 0.15) is 76.6 Å². The van der Waals surface area contributed by atoms with Crippen LogP contribution in [0.4, 0.5) is 0 Å². The quantitative estimate of drug-likeness (QED) is 0.597. The standard InChI is InChI=1S/C23H32/c1-17(18-11-9-8-10-12-18)15-19-16-20(22(2,3)4)13-14-21(19)23(5,6)7/h8-14,16-17H,15H2,1-7H3. The van der Waals surface area contributed by atoms with Crippen LogP contribution in [0.5, 0.6) is 0 Å². The Hall–Kier alpha value is -1.56. The third-order valence-corrected chi connectivity index (χ3v) is 4.67. The molecule has 0 aliphatic heterocycles. The van der Waals surface area contributed by atoms with Gasteiger partial charge in [-0.3, -0.25) is 0 Å². The van der Waals surface area contributed by atoms with Gasteiger partial charge in [0, 0.05) is 0 Å². The summed E-state index contributed by atoms with van der Waals surface area (Å²) in [6.45, 7) is 16.2. The number of hydrogen-bond acceptors (Lipinski definition) is 0. The Kier molecular flexibility index (Phi) is 5.04. The second-order valence-corrected chi connectivity index (χ2v) is 8.89. The minimum atomic E-state index is 0.183. The minimum absolute atomic E-state index is 0.183. The molecule has 1 unspecified atom stereocenters. The first-order chi connectivity index (χ1) is 10.6. The van der Waals surface area contributed by atoms with Crippen LogP contribution >= 0.6 is 0 Å². The second kappa shape index (κ2) is 6.51. The zero-order chi connectivity index (χ0) is 17.3. The molecule has 0 saturated carbocycles. The van der Waals surface area contributed by atoms with E-state index in [1.165, 1.54) is 22.3 Å². The molecule has 0 aliphatic rings. The predicted molar refractivity (Wildman–Crippen MR) is 102 cm³/mol. The summed E-state index contributed by atoms with van der Waals surface area (Å²) < 4.78 is 0. The Morgan fingerprint density at radius 1 is 0.783 bits per heavy atom. The van der Waals surface area contributed by atoms with Crippen molar-refractivity contribution in [3.63, 3.8) is 0 Å². The summed E-state index contributed by atoms with van der Waals surface area (Å²) >= 11 is 0. The molecule has 2 rings (SSSR count). The van der Waals surface area contributed by atoms with Gasteiger partial charge in [-0.2, -0.15) is 0 Å². The van der Waals surface area contributed by atoms with Gasteiger partial charge in [0.05, 0.1) is 0 Å². The van der Waals surface area contributed by atoms with Crippen LogP contribution in [-0.2, 0) is 17.3 Å². The molecule has 2 aromatic carbocycles. The van der Waals surface area contributed by atoms with Gasteiger partial charge in [0.15, 0.2) is 0 Å². The maximum absolute atomic E-state index is 2.44. The fourth-order valence-electron chi connectivity index (χ4n) is 3.19. The minimum Gasteiger partial charge on any atom is -0.0622 e. The number of benzene rings is 2. The monoisotopic (exact) mass is 308 g/mol. The average molecular weight is 309 g/mol. The fraction of sp³-hybridized carbons (Fsp3) is 0.478. The molecule has 23 heavy (non-hydrogen) atoms. The highest BCUT2D eigenvalue weighted by Gasteiger charge is 2.22. The van der Waals surface area contributed by atoms with Crippen molar-refractivity contribution >= 4 is 0 Å². The third-order valence-electron chi connectivity index (χ3n) is 4.67. The molecule has 124 valence electrons. The van der Waals surface area contributed by atoms with E-state index in [1.807, 2.05) is 0 Å². The summed E-state index contributed by atoms with van der Waals surface area (Å²) in [7, 11) is 0. The second-order valence-electron chi connectivity index (χ2n) is 8.89. The molecule has 0 heteroatoms. The molecule has 0 radical (unpaired) electrons. The van der Waals surface area contributed by atoms with Crippen LogP contribution in [0.2, 0.25) is 0 Å². The SMILES string of the molecule is CC(Cc1cc(C(C)(C)C)ccc1C(C)(C)C)c1ccccc1. The molecule has 0 aliphatic carbocycles. The van der Waals surface area contributed by atoms with E-state index in [9.17, 15) is 0 Å². The molecule has 0 saturated heterocycles. The van der Waals surface area contributed by atoms with Crippen LogP contribution in [0.3, 0.4) is 0 Å². The van der Waals surface area contributed by atoms with Crippen molar-refractivity contribution < 1.29 is 0 Å². The molecular formula is C23H32. The van der Waals surface area contributed by atoms with Gasteiger partial charge in [-0.25, -0.2) is 0 Å². The van der Waals surface area contributed by atoms with Gasteiger partial charge >= 0.3 is 0 Å². The molecule has 0 aromatic heterocycles. The Balaban J connectivity index is 2.41. The summed E-state index contributed by atoms with van der Waals surface area (Å²) in [6.07, 6.45) is 1.10. The summed E-state index contributed by atoms with van der Waals surface area (Å²) in [6, 6.07) is 18.0. The smallest absolute Gasteiger partial charge is 0.0129 e. The number of hydrogen-bond donors (Lipinski definition) is 0. The lowest BCUT2D eigenvalue weighted by molar-refractivity contribution is 0.565. The third kappa shape index (κ3) is 4.47. The Bertz CT molecular complexity index is 636. The summed E-state index contributed by atoms with van der Waals surface area (Å²) in [5.74, 6) is 0.535. The molecule has 0 amide bonds. The Morgan fingerprint density at radius 2 is 1.39 bits per heavy atom. The predicted octanol–water partition coefficient (Wildman–Crippen LogP) is 6.63. The summed E-state index contributed by atoms with van der Waals surface area (Å²) in [5.41, 5.74) is 6.22. The first-order valence-corrected chi connectivity index (χ1v) is 8.78. The van der Waals surface area contributed by atoms with Crippen LogP contribution < -0.4 is 0 Å². The van der Waals surface area contributed by atoms with Crippen molar-refractivity contribution in [2.75, 3.05) is 0 Å². The van der Waals surface area contributed by atoms with Gasteiger partial charge < -0.3 is 0 Å². The van der Waals surface area contributed by atoms with E-state index in [0.717, 1.165) is 6.42 Å². The zero-order valence-corrected chi connectivity index (χ0v) is 15.9. The van der Waals surface area contributed by atoms with Crippen molar-refractivity contribution in [1.29, 1.82) is 0 Å². The van der Waals surface area contributed by atoms with Gasteiger partial charge in [-0.15, -0.1) is 0 Å². The maximum Gasteiger partial charge on any atom is -0.0129 e. The Morgan fingerprint density at radius 3 is 1.91 bits per heavy atom. The summed E-state index contributed by atoms with van der Waals surface area (Å²) in [4.78, 5) is 0. The zero-order valence-electron chi connectivity index (χ0n) is 15.9. The lowest BCUT2D eigenvalue weighted by atomic mass is 9.77. The van der Waals surface area contributed by atoms with Gasteiger partial charge in [0.25, 0.3) is 0 Å². The van der Waals surface area contributed by atoms with Gasteiger partial charge in [-0.1, -0.05) is 97.0 Å². The van der Waals surface area contributed by atoms with Crippen LogP contribution in [0, 0.1) is 0 Å². The molecule has 2 aromatic rings. The molecule has 0 nitrogen and oxygen atoms in total. The Labute approximate surface area is 143 Å². The summed E-state index contributed by atoms with van der Waals surface area (Å²) in [5, 5.41) is 0. The molecule has 0 fully saturated rings. The first-order valence-electron chi connectivity index (χ1n) is 8.78. The van der Waals surface area contributed by atoms with Gasteiger partial charge in [0.1, 0.15) is 0 Å². The maximum atomic E-state index is 2.44. The van der Waals surface area contributed by atoms with Crippen LogP contribution in [-0.4, -0.2) is 0 Å². The van der Waals surface area contributed by atoms with Crippen LogP contribution in [0.15, 0.2) is 48.5 Å². The van der Waals surface area contributed by atoms with Gasteiger partial charge in [0.2, 0.25) is 0 Å².